The summed E-state index contributed by atoms with van der Waals surface area (Å²) < 4.78 is 10.4. The van der Waals surface area contributed by atoms with E-state index < -0.39 is 0 Å². The first-order valence-corrected chi connectivity index (χ1v) is 7.27. The van der Waals surface area contributed by atoms with Gasteiger partial charge in [0, 0.05) is 12.0 Å². The maximum Gasteiger partial charge on any atom is 0.228 e. The van der Waals surface area contributed by atoms with Gasteiger partial charge in [-0.25, -0.2) is 0 Å². The van der Waals surface area contributed by atoms with Crippen molar-refractivity contribution < 1.29 is 14.3 Å². The van der Waals surface area contributed by atoms with Crippen molar-refractivity contribution in [3.63, 3.8) is 0 Å². The maximum absolute atomic E-state index is 12.5. The van der Waals surface area contributed by atoms with Crippen LogP contribution in [0.2, 0.25) is 5.02 Å². The lowest BCUT2D eigenvalue weighted by Gasteiger charge is -2.13. The molecule has 1 aromatic rings. The van der Waals surface area contributed by atoms with E-state index in [-0.39, 0.29) is 22.7 Å². The quantitative estimate of drug-likeness (QED) is 0.915. The average Bonchev–Trinajstić information content (AvgIpc) is 2.80. The molecule has 0 radical (unpaired) electrons. The fourth-order valence-corrected chi connectivity index (χ4v) is 3.26. The van der Waals surface area contributed by atoms with Crippen LogP contribution in [0.3, 0.4) is 0 Å². The van der Waals surface area contributed by atoms with Crippen molar-refractivity contribution in [2.45, 2.75) is 27.7 Å². The number of hydrogen-bond donors (Lipinski definition) is 1. The molecule has 116 valence electrons. The van der Waals surface area contributed by atoms with Crippen molar-refractivity contribution in [3.05, 3.63) is 17.2 Å². The number of nitrogens with one attached hydrogen (secondary N) is 1. The number of amides is 1. The molecule has 0 atom stereocenters. The van der Waals surface area contributed by atoms with E-state index in [1.807, 2.05) is 0 Å². The molecule has 0 unspecified atom stereocenters. The Morgan fingerprint density at radius 2 is 1.62 bits per heavy atom. The highest BCUT2D eigenvalue weighted by Gasteiger charge is 2.68. The highest BCUT2D eigenvalue weighted by Crippen LogP contribution is 2.68. The monoisotopic (exact) mass is 311 g/mol. The van der Waals surface area contributed by atoms with Gasteiger partial charge in [0.25, 0.3) is 0 Å². The van der Waals surface area contributed by atoms with E-state index in [0.717, 1.165) is 0 Å². The summed E-state index contributed by atoms with van der Waals surface area (Å²) in [5.41, 5.74) is 0.535. The van der Waals surface area contributed by atoms with Gasteiger partial charge in [-0.05, 0) is 16.9 Å². The second-order valence-electron chi connectivity index (χ2n) is 6.55. The summed E-state index contributed by atoms with van der Waals surface area (Å²) in [4.78, 5) is 12.5. The number of ether oxygens (including phenoxy) is 2. The van der Waals surface area contributed by atoms with Gasteiger partial charge in [-0.3, -0.25) is 4.79 Å². The highest BCUT2D eigenvalue weighted by atomic mass is 35.5. The minimum Gasteiger partial charge on any atom is -0.495 e. The van der Waals surface area contributed by atoms with E-state index >= 15 is 0 Å². The van der Waals surface area contributed by atoms with Crippen molar-refractivity contribution in [1.82, 2.24) is 0 Å². The number of anilines is 1. The van der Waals surface area contributed by atoms with Crippen LogP contribution in [0.5, 0.6) is 11.5 Å². The third-order valence-electron chi connectivity index (χ3n) is 5.01. The fraction of sp³-hybridized carbons (Fsp3) is 0.562. The summed E-state index contributed by atoms with van der Waals surface area (Å²) in [7, 11) is 3.08. The van der Waals surface area contributed by atoms with Crippen LogP contribution < -0.4 is 14.8 Å². The molecule has 0 heterocycles. The lowest BCUT2D eigenvalue weighted by atomic mass is 10.0. The number of benzene rings is 1. The zero-order valence-corrected chi connectivity index (χ0v) is 14.1. The molecule has 0 aromatic heterocycles. The molecule has 5 heteroatoms. The molecule has 0 saturated heterocycles. The maximum atomic E-state index is 12.5. The molecule has 2 rings (SSSR count). The minimum absolute atomic E-state index is 0.00969. The van der Waals surface area contributed by atoms with Gasteiger partial charge < -0.3 is 14.8 Å². The number of methoxy groups -OCH3 is 2. The van der Waals surface area contributed by atoms with E-state index in [1.54, 1.807) is 19.2 Å². The van der Waals surface area contributed by atoms with Crippen molar-refractivity contribution in [2.24, 2.45) is 16.7 Å². The van der Waals surface area contributed by atoms with E-state index in [4.69, 9.17) is 21.1 Å². The number of hydrogen-bond acceptors (Lipinski definition) is 3. The second kappa shape index (κ2) is 5.09. The zero-order valence-electron chi connectivity index (χ0n) is 13.3. The highest BCUT2D eigenvalue weighted by molar-refractivity contribution is 6.32. The largest absolute Gasteiger partial charge is 0.495 e. The second-order valence-corrected chi connectivity index (χ2v) is 6.96. The van der Waals surface area contributed by atoms with Crippen molar-refractivity contribution >= 4 is 23.2 Å². The molecular weight excluding hydrogens is 290 g/mol. The Morgan fingerprint density at radius 1 is 1.10 bits per heavy atom. The molecule has 1 N–H and O–H groups in total. The molecule has 0 spiro atoms. The number of halogens is 1. The zero-order chi connectivity index (χ0) is 16.0. The molecular formula is C16H22ClNO3. The smallest absolute Gasteiger partial charge is 0.228 e. The van der Waals surface area contributed by atoms with Crippen molar-refractivity contribution in [3.8, 4) is 11.5 Å². The van der Waals surface area contributed by atoms with E-state index in [9.17, 15) is 4.79 Å². The summed E-state index contributed by atoms with van der Waals surface area (Å²) in [6, 6.07) is 3.32. The van der Waals surface area contributed by atoms with E-state index in [1.165, 1.54) is 7.11 Å². The molecule has 1 saturated carbocycles. The van der Waals surface area contributed by atoms with Gasteiger partial charge >= 0.3 is 0 Å². The molecule has 1 fully saturated rings. The first kappa shape index (κ1) is 16.0. The van der Waals surface area contributed by atoms with Crippen molar-refractivity contribution in [2.75, 3.05) is 19.5 Å². The third-order valence-corrected chi connectivity index (χ3v) is 5.31. The van der Waals surface area contributed by atoms with Crippen LogP contribution in [0.25, 0.3) is 0 Å². The van der Waals surface area contributed by atoms with Crippen LogP contribution in [0.15, 0.2) is 12.1 Å². The first-order chi connectivity index (χ1) is 9.66. The van der Waals surface area contributed by atoms with Crippen LogP contribution in [-0.4, -0.2) is 20.1 Å². The van der Waals surface area contributed by atoms with Gasteiger partial charge in [0.15, 0.2) is 0 Å². The molecule has 0 aliphatic heterocycles. The molecule has 0 bridgehead atoms. The van der Waals surface area contributed by atoms with Gasteiger partial charge in [-0.1, -0.05) is 39.3 Å². The molecule has 4 nitrogen and oxygen atoms in total. The Hall–Kier alpha value is -1.42. The van der Waals surface area contributed by atoms with Gasteiger partial charge in [-0.2, -0.15) is 0 Å². The van der Waals surface area contributed by atoms with Gasteiger partial charge in [-0.15, -0.1) is 0 Å². The first-order valence-electron chi connectivity index (χ1n) is 6.89. The Kier molecular flexibility index (Phi) is 3.87. The van der Waals surface area contributed by atoms with Crippen LogP contribution in [0.4, 0.5) is 5.69 Å². The molecule has 1 aliphatic rings. The van der Waals surface area contributed by atoms with E-state index in [2.05, 4.69) is 33.0 Å². The van der Waals surface area contributed by atoms with Gasteiger partial charge in [0.05, 0.1) is 24.9 Å². The van der Waals surface area contributed by atoms with E-state index in [0.29, 0.717) is 22.2 Å². The molecule has 1 amide bonds. The lowest BCUT2D eigenvalue weighted by molar-refractivity contribution is -0.118. The number of carbonyl (C=O) groups excluding carboxylic acids is 1. The normalized spacial score (nSPS) is 19.0. The van der Waals surface area contributed by atoms with Crippen LogP contribution in [-0.2, 0) is 4.79 Å². The fourth-order valence-electron chi connectivity index (χ4n) is 3.01. The topological polar surface area (TPSA) is 47.6 Å². The summed E-state index contributed by atoms with van der Waals surface area (Å²) in [5, 5.41) is 3.36. The SMILES string of the molecule is COc1cc(OC)c(NC(=O)C2C(C)(C)C2(C)C)cc1Cl. The summed E-state index contributed by atoms with van der Waals surface area (Å²) >= 11 is 6.12. The number of carbonyl (C=O) groups is 1. The minimum atomic E-state index is -0.0319. The lowest BCUT2D eigenvalue weighted by Crippen LogP contribution is -2.18. The Bertz CT molecular complexity index is 567. The van der Waals surface area contributed by atoms with Crippen LogP contribution in [0.1, 0.15) is 27.7 Å². The van der Waals surface area contributed by atoms with Gasteiger partial charge in [0.2, 0.25) is 5.91 Å². The predicted molar refractivity (Wildman–Crippen MR) is 84.2 cm³/mol. The Morgan fingerprint density at radius 3 is 2.05 bits per heavy atom. The molecule has 1 aliphatic carbocycles. The Balaban J connectivity index is 2.25. The number of rotatable bonds is 4. The van der Waals surface area contributed by atoms with Crippen LogP contribution >= 0.6 is 11.6 Å². The molecule has 1 aromatic carbocycles. The summed E-state index contributed by atoms with van der Waals surface area (Å²) in [6.07, 6.45) is 0. The average molecular weight is 312 g/mol. The predicted octanol–water partition coefficient (Wildman–Crippen LogP) is 3.98. The summed E-state index contributed by atoms with van der Waals surface area (Å²) in [6.45, 7) is 8.43. The Labute approximate surface area is 130 Å². The van der Waals surface area contributed by atoms with Crippen LogP contribution in [0, 0.1) is 16.7 Å². The third kappa shape index (κ3) is 2.46. The standard InChI is InChI=1S/C16H22ClNO3/c1-15(2)13(16(15,3)4)14(19)18-10-7-9(17)11(20-5)8-12(10)21-6/h7-8,13H,1-6H3,(H,18,19). The molecule has 21 heavy (non-hydrogen) atoms. The summed E-state index contributed by atoms with van der Waals surface area (Å²) in [5.74, 6) is 1.000. The van der Waals surface area contributed by atoms with Gasteiger partial charge in [0.1, 0.15) is 11.5 Å². The van der Waals surface area contributed by atoms with Crippen molar-refractivity contribution in [1.29, 1.82) is 0 Å².